The largest absolute Gasteiger partial charge is 0.260 e. The van der Waals surface area contributed by atoms with Gasteiger partial charge in [0.05, 0.1) is 5.69 Å². The van der Waals surface area contributed by atoms with Crippen LogP contribution in [0.5, 0.6) is 0 Å². The van der Waals surface area contributed by atoms with E-state index in [9.17, 15) is 0 Å². The van der Waals surface area contributed by atoms with Crippen LogP contribution < -0.4 is 0 Å². The van der Waals surface area contributed by atoms with E-state index in [1.54, 1.807) is 0 Å². The van der Waals surface area contributed by atoms with E-state index in [0.717, 1.165) is 12.8 Å². The molecule has 1 aromatic carbocycles. The molecule has 1 aromatic heterocycles. The second-order valence-corrected chi connectivity index (χ2v) is 4.47. The first-order valence-electron chi connectivity index (χ1n) is 6.88. The molecule has 18 heavy (non-hydrogen) atoms. The highest BCUT2D eigenvalue weighted by molar-refractivity contribution is 5.41. The van der Waals surface area contributed by atoms with Gasteiger partial charge in [-0.2, -0.15) is 0 Å². The summed E-state index contributed by atoms with van der Waals surface area (Å²) in [4.78, 5) is 4.56. The van der Waals surface area contributed by atoms with Crippen LogP contribution in [-0.2, 0) is 12.8 Å². The predicted molar refractivity (Wildman–Crippen MR) is 77.0 cm³/mol. The summed E-state index contributed by atoms with van der Waals surface area (Å²) in [5.74, 6) is 0.426. The van der Waals surface area contributed by atoms with Crippen LogP contribution >= 0.6 is 0 Å². The number of aromatic nitrogens is 1. The average molecular weight is 239 g/mol. The third-order valence-electron chi connectivity index (χ3n) is 3.52. The Morgan fingerprint density at radius 3 is 2.44 bits per heavy atom. The monoisotopic (exact) mass is 239 g/mol. The normalized spacial score (nSPS) is 16.7. The van der Waals surface area contributed by atoms with E-state index in [2.05, 4.69) is 42.2 Å². The van der Waals surface area contributed by atoms with Gasteiger partial charge in [-0.05, 0) is 35.6 Å². The topological polar surface area (TPSA) is 12.9 Å². The lowest BCUT2D eigenvalue weighted by molar-refractivity contribution is 0.860. The molecule has 1 aliphatic carbocycles. The van der Waals surface area contributed by atoms with Gasteiger partial charge in [0.25, 0.3) is 0 Å². The van der Waals surface area contributed by atoms with Crippen molar-refractivity contribution in [2.24, 2.45) is 0 Å². The Labute approximate surface area is 110 Å². The summed E-state index contributed by atoms with van der Waals surface area (Å²) in [5.41, 5.74) is 5.59. The van der Waals surface area contributed by atoms with E-state index in [1.807, 2.05) is 26.1 Å². The van der Waals surface area contributed by atoms with Crippen molar-refractivity contribution in [2.45, 2.75) is 39.5 Å². The first-order valence-corrected chi connectivity index (χ1v) is 6.88. The van der Waals surface area contributed by atoms with Crippen molar-refractivity contribution in [1.29, 1.82) is 0 Å². The van der Waals surface area contributed by atoms with Crippen LogP contribution in [0.15, 0.2) is 42.6 Å². The number of hydrogen-bond donors (Lipinski definition) is 0. The molecule has 0 fully saturated rings. The summed E-state index contributed by atoms with van der Waals surface area (Å²) in [6.45, 7) is 6.26. The van der Waals surface area contributed by atoms with E-state index >= 15 is 0 Å². The Morgan fingerprint density at radius 1 is 0.944 bits per heavy atom. The van der Waals surface area contributed by atoms with Crippen LogP contribution in [0.4, 0.5) is 0 Å². The third kappa shape index (κ3) is 2.31. The van der Waals surface area contributed by atoms with Crippen LogP contribution in [0, 0.1) is 0 Å². The van der Waals surface area contributed by atoms with Crippen molar-refractivity contribution >= 4 is 0 Å². The zero-order chi connectivity index (χ0) is 13.0. The second-order valence-electron chi connectivity index (χ2n) is 4.47. The molecule has 0 spiro atoms. The standard InChI is InChI=1S/C15H15N.C2H6/c1-11-14-7-3-2-5-12(14)8-9-13-6-4-10-16-15(11)13;1-2/h2-7,10-11H,8-9H2,1H3;1-2H3/t11-;/m0./s1. The summed E-state index contributed by atoms with van der Waals surface area (Å²) in [5, 5.41) is 0. The molecule has 0 amide bonds. The summed E-state index contributed by atoms with van der Waals surface area (Å²) in [7, 11) is 0. The third-order valence-corrected chi connectivity index (χ3v) is 3.52. The van der Waals surface area contributed by atoms with E-state index < -0.39 is 0 Å². The van der Waals surface area contributed by atoms with Crippen molar-refractivity contribution in [3.05, 3.63) is 65.0 Å². The van der Waals surface area contributed by atoms with Gasteiger partial charge >= 0.3 is 0 Å². The second kappa shape index (κ2) is 5.81. The molecular weight excluding hydrogens is 218 g/mol. The molecule has 0 aliphatic heterocycles. The van der Waals surface area contributed by atoms with Gasteiger partial charge in [-0.15, -0.1) is 0 Å². The molecule has 0 radical (unpaired) electrons. The maximum Gasteiger partial charge on any atom is 0.0507 e. The van der Waals surface area contributed by atoms with Gasteiger partial charge in [0.15, 0.2) is 0 Å². The molecule has 3 rings (SSSR count). The number of aryl methyl sites for hydroxylation is 2. The Kier molecular flexibility index (Phi) is 4.14. The Bertz CT molecular complexity index is 469. The van der Waals surface area contributed by atoms with Crippen LogP contribution in [-0.4, -0.2) is 4.98 Å². The minimum atomic E-state index is 0.426. The lowest BCUT2D eigenvalue weighted by atomic mass is 9.93. The molecule has 1 nitrogen and oxygen atoms in total. The van der Waals surface area contributed by atoms with Gasteiger partial charge in [-0.25, -0.2) is 0 Å². The van der Waals surface area contributed by atoms with E-state index in [4.69, 9.17) is 0 Å². The fourth-order valence-electron chi connectivity index (χ4n) is 2.65. The molecule has 0 N–H and O–H groups in total. The van der Waals surface area contributed by atoms with Gasteiger partial charge in [-0.1, -0.05) is 51.1 Å². The van der Waals surface area contributed by atoms with Crippen molar-refractivity contribution in [3.63, 3.8) is 0 Å². The fourth-order valence-corrected chi connectivity index (χ4v) is 2.65. The van der Waals surface area contributed by atoms with Gasteiger partial charge in [0.1, 0.15) is 0 Å². The Balaban J connectivity index is 0.000000574. The SMILES string of the molecule is CC.C[C@H]1c2ccccc2CCc2cccnc21. The molecule has 0 saturated heterocycles. The van der Waals surface area contributed by atoms with E-state index in [1.165, 1.54) is 22.4 Å². The number of rotatable bonds is 0. The van der Waals surface area contributed by atoms with Crippen LogP contribution in [0.3, 0.4) is 0 Å². The molecular formula is C17H21N. The van der Waals surface area contributed by atoms with Gasteiger partial charge in [0, 0.05) is 12.1 Å². The summed E-state index contributed by atoms with van der Waals surface area (Å²) < 4.78 is 0. The highest BCUT2D eigenvalue weighted by atomic mass is 14.7. The highest BCUT2D eigenvalue weighted by Crippen LogP contribution is 2.31. The maximum atomic E-state index is 4.56. The molecule has 94 valence electrons. The maximum absolute atomic E-state index is 4.56. The van der Waals surface area contributed by atoms with Crippen LogP contribution in [0.2, 0.25) is 0 Å². The predicted octanol–water partition coefficient (Wildman–Crippen LogP) is 4.36. The first-order chi connectivity index (χ1) is 8.86. The number of fused-ring (bicyclic) bond motifs is 2. The number of hydrogen-bond acceptors (Lipinski definition) is 1. The van der Waals surface area contributed by atoms with E-state index in [-0.39, 0.29) is 0 Å². The highest BCUT2D eigenvalue weighted by Gasteiger charge is 2.20. The lowest BCUT2D eigenvalue weighted by Crippen LogP contribution is -2.01. The van der Waals surface area contributed by atoms with Crippen molar-refractivity contribution in [2.75, 3.05) is 0 Å². The summed E-state index contributed by atoms with van der Waals surface area (Å²) >= 11 is 0. The molecule has 0 bridgehead atoms. The zero-order valence-corrected chi connectivity index (χ0v) is 11.5. The Hall–Kier alpha value is -1.63. The smallest absolute Gasteiger partial charge is 0.0507 e. The minimum absolute atomic E-state index is 0.426. The van der Waals surface area contributed by atoms with Gasteiger partial charge < -0.3 is 0 Å². The lowest BCUT2D eigenvalue weighted by Gasteiger charge is -2.13. The van der Waals surface area contributed by atoms with Crippen LogP contribution in [0.1, 0.15) is 49.1 Å². The van der Waals surface area contributed by atoms with Gasteiger partial charge in [0.2, 0.25) is 0 Å². The van der Waals surface area contributed by atoms with E-state index in [0.29, 0.717) is 5.92 Å². The van der Waals surface area contributed by atoms with Gasteiger partial charge in [-0.3, -0.25) is 4.98 Å². The molecule has 0 saturated carbocycles. The minimum Gasteiger partial charge on any atom is -0.260 e. The van der Waals surface area contributed by atoms with Crippen molar-refractivity contribution < 1.29 is 0 Å². The molecule has 2 aromatic rings. The quantitative estimate of drug-likeness (QED) is 0.665. The average Bonchev–Trinajstić information content (AvgIpc) is 2.60. The summed E-state index contributed by atoms with van der Waals surface area (Å²) in [6, 6.07) is 13.0. The molecule has 1 heterocycles. The zero-order valence-electron chi connectivity index (χ0n) is 11.5. The fraction of sp³-hybridized carbons (Fsp3) is 0.353. The molecule has 0 unspecified atom stereocenters. The number of nitrogens with zero attached hydrogens (tertiary/aromatic N) is 1. The molecule has 1 heteroatoms. The first kappa shape index (κ1) is 12.8. The summed E-state index contributed by atoms with van der Waals surface area (Å²) in [6.07, 6.45) is 4.16. The number of pyridine rings is 1. The molecule has 1 atom stereocenters. The molecule has 1 aliphatic rings. The Morgan fingerprint density at radius 2 is 1.61 bits per heavy atom. The van der Waals surface area contributed by atoms with Crippen molar-refractivity contribution in [3.8, 4) is 0 Å². The van der Waals surface area contributed by atoms with Crippen LogP contribution in [0.25, 0.3) is 0 Å². The van der Waals surface area contributed by atoms with Crippen molar-refractivity contribution in [1.82, 2.24) is 4.98 Å². The number of benzene rings is 1.